The summed E-state index contributed by atoms with van der Waals surface area (Å²) in [5.74, 6) is 0.560. The van der Waals surface area contributed by atoms with E-state index < -0.39 is 5.54 Å². The maximum absolute atomic E-state index is 12.3. The fourth-order valence-electron chi connectivity index (χ4n) is 2.64. The van der Waals surface area contributed by atoms with E-state index in [0.717, 1.165) is 0 Å². The van der Waals surface area contributed by atoms with E-state index in [1.54, 1.807) is 25.3 Å². The lowest BCUT2D eigenvalue weighted by Gasteiger charge is -2.20. The summed E-state index contributed by atoms with van der Waals surface area (Å²) in [5, 5.41) is 11.4. The van der Waals surface area contributed by atoms with E-state index in [1.165, 1.54) is 9.78 Å². The van der Waals surface area contributed by atoms with Crippen molar-refractivity contribution in [1.82, 2.24) is 20.9 Å². The highest BCUT2D eigenvalue weighted by molar-refractivity contribution is 7.10. The van der Waals surface area contributed by atoms with Crippen LogP contribution in [0, 0.1) is 0 Å². The number of rotatable bonds is 7. The number of amides is 3. The molecule has 3 N–H and O–H groups in total. The van der Waals surface area contributed by atoms with Crippen LogP contribution in [0.1, 0.15) is 44.5 Å². The molecule has 1 fully saturated rings. The Kier molecular flexibility index (Phi) is 6.41. The van der Waals surface area contributed by atoms with Crippen LogP contribution in [0.3, 0.4) is 0 Å². The molecule has 2 atom stereocenters. The second kappa shape index (κ2) is 8.33. The van der Waals surface area contributed by atoms with Crippen molar-refractivity contribution in [3.63, 3.8) is 0 Å². The second-order valence-corrected chi connectivity index (χ2v) is 7.29. The summed E-state index contributed by atoms with van der Waals surface area (Å²) in [6.45, 7) is 6.76. The lowest BCUT2D eigenvalue weighted by molar-refractivity contribution is -0.130. The maximum atomic E-state index is 12.3. The summed E-state index contributed by atoms with van der Waals surface area (Å²) in [6.07, 6.45) is 1.25. The molecule has 1 aliphatic heterocycles. The molecule has 7 nitrogen and oxygen atoms in total. The van der Waals surface area contributed by atoms with Gasteiger partial charge in [-0.05, 0) is 38.1 Å². The van der Waals surface area contributed by atoms with Crippen molar-refractivity contribution >= 4 is 29.2 Å². The summed E-state index contributed by atoms with van der Waals surface area (Å²) >= 11 is 1.70. The Morgan fingerprint density at radius 2 is 2.24 bits per heavy atom. The fourth-order valence-corrected chi connectivity index (χ4v) is 3.38. The molecule has 2 heterocycles. The van der Waals surface area contributed by atoms with Gasteiger partial charge >= 0.3 is 6.03 Å². The van der Waals surface area contributed by atoms with Gasteiger partial charge in [0.25, 0.3) is 5.91 Å². The summed E-state index contributed by atoms with van der Waals surface area (Å²) in [7, 11) is 1.72. The Bertz CT molecular complexity index is 631. The van der Waals surface area contributed by atoms with Gasteiger partial charge in [-0.1, -0.05) is 13.0 Å². The van der Waals surface area contributed by atoms with Gasteiger partial charge in [0.1, 0.15) is 5.54 Å². The van der Waals surface area contributed by atoms with Crippen LogP contribution in [0.4, 0.5) is 4.79 Å². The molecule has 0 aromatic carbocycles. The quantitative estimate of drug-likeness (QED) is 0.299. The van der Waals surface area contributed by atoms with E-state index >= 15 is 0 Å². The van der Waals surface area contributed by atoms with Crippen molar-refractivity contribution in [3.8, 4) is 0 Å². The molecule has 1 aromatic heterocycles. The predicted octanol–water partition coefficient (Wildman–Crippen LogP) is 2.08. The van der Waals surface area contributed by atoms with Crippen LogP contribution < -0.4 is 16.0 Å². The normalized spacial score (nSPS) is 22.1. The molecule has 0 radical (unpaired) electrons. The summed E-state index contributed by atoms with van der Waals surface area (Å²) in [6, 6.07) is 3.97. The number of guanidine groups is 1. The van der Waals surface area contributed by atoms with Crippen LogP contribution in [0.25, 0.3) is 0 Å². The van der Waals surface area contributed by atoms with Crippen molar-refractivity contribution < 1.29 is 9.59 Å². The van der Waals surface area contributed by atoms with Gasteiger partial charge in [0.05, 0.1) is 6.04 Å². The molecule has 0 aliphatic carbocycles. The molecule has 3 amide bonds. The summed E-state index contributed by atoms with van der Waals surface area (Å²) < 4.78 is 0. The van der Waals surface area contributed by atoms with Gasteiger partial charge in [0.15, 0.2) is 5.96 Å². The zero-order valence-electron chi connectivity index (χ0n) is 15.3. The van der Waals surface area contributed by atoms with E-state index in [2.05, 4.69) is 33.9 Å². The maximum Gasteiger partial charge on any atom is 0.325 e. The van der Waals surface area contributed by atoms with E-state index in [4.69, 9.17) is 0 Å². The van der Waals surface area contributed by atoms with E-state index in [0.29, 0.717) is 31.9 Å². The first-order valence-electron chi connectivity index (χ1n) is 8.56. The molecular weight excluding hydrogens is 338 g/mol. The predicted molar refractivity (Wildman–Crippen MR) is 101 cm³/mol. The second-order valence-electron chi connectivity index (χ2n) is 6.31. The molecule has 25 heavy (non-hydrogen) atoms. The molecule has 2 rings (SSSR count). The highest BCUT2D eigenvalue weighted by Gasteiger charge is 2.45. The first kappa shape index (κ1) is 19.2. The van der Waals surface area contributed by atoms with Crippen molar-refractivity contribution in [2.45, 2.75) is 45.2 Å². The minimum atomic E-state index is -0.766. The average Bonchev–Trinajstić information content (AvgIpc) is 3.20. The first-order valence-corrected chi connectivity index (χ1v) is 9.44. The highest BCUT2D eigenvalue weighted by Crippen LogP contribution is 2.20. The van der Waals surface area contributed by atoms with E-state index in [9.17, 15) is 9.59 Å². The Morgan fingerprint density at radius 1 is 1.48 bits per heavy atom. The summed E-state index contributed by atoms with van der Waals surface area (Å²) in [5.41, 5.74) is -0.766. The number of imide groups is 1. The topological polar surface area (TPSA) is 85.8 Å². The lowest BCUT2D eigenvalue weighted by atomic mass is 9.99. The van der Waals surface area contributed by atoms with Crippen molar-refractivity contribution in [1.29, 1.82) is 0 Å². The molecular formula is C17H27N5O2S. The van der Waals surface area contributed by atoms with Gasteiger partial charge < -0.3 is 16.0 Å². The van der Waals surface area contributed by atoms with Crippen LogP contribution in [0.2, 0.25) is 0 Å². The lowest BCUT2D eigenvalue weighted by Crippen LogP contribution is -2.43. The van der Waals surface area contributed by atoms with Crippen LogP contribution in [0.15, 0.2) is 22.5 Å². The monoisotopic (exact) mass is 365 g/mol. The molecule has 2 unspecified atom stereocenters. The number of aliphatic imine (C=N–C) groups is 1. The highest BCUT2D eigenvalue weighted by atomic mass is 32.1. The SMILES string of the molecule is CCC1(C)NC(=O)N(CCCNC(=NC)NC(C)c2cccs2)C1=O. The van der Waals surface area contributed by atoms with Crippen LogP contribution >= 0.6 is 11.3 Å². The third-order valence-corrected chi connectivity index (χ3v) is 5.51. The molecule has 138 valence electrons. The first-order chi connectivity index (χ1) is 11.9. The van der Waals surface area contributed by atoms with Crippen molar-refractivity contribution in [2.24, 2.45) is 4.99 Å². The Morgan fingerprint density at radius 3 is 2.80 bits per heavy atom. The van der Waals surface area contributed by atoms with E-state index in [-0.39, 0.29) is 18.0 Å². The Labute approximate surface area is 152 Å². The minimum Gasteiger partial charge on any atom is -0.356 e. The number of hydrogen-bond donors (Lipinski definition) is 3. The van der Waals surface area contributed by atoms with Crippen molar-refractivity contribution in [2.75, 3.05) is 20.1 Å². The number of urea groups is 1. The summed E-state index contributed by atoms with van der Waals surface area (Å²) in [4.78, 5) is 31.0. The fraction of sp³-hybridized carbons (Fsp3) is 0.588. The Balaban J connectivity index is 1.76. The smallest absolute Gasteiger partial charge is 0.325 e. The molecule has 8 heteroatoms. The van der Waals surface area contributed by atoms with Gasteiger partial charge in [-0.3, -0.25) is 14.7 Å². The molecule has 0 saturated carbocycles. The van der Waals surface area contributed by atoms with Crippen LogP contribution in [0.5, 0.6) is 0 Å². The molecule has 1 aromatic rings. The molecule has 1 aliphatic rings. The number of thiophene rings is 1. The third-order valence-electron chi connectivity index (χ3n) is 4.45. The van der Waals surface area contributed by atoms with Gasteiger partial charge in [-0.15, -0.1) is 11.3 Å². The molecule has 0 spiro atoms. The zero-order valence-corrected chi connectivity index (χ0v) is 16.1. The zero-order chi connectivity index (χ0) is 18.4. The van der Waals surface area contributed by atoms with Gasteiger partial charge in [-0.2, -0.15) is 0 Å². The van der Waals surface area contributed by atoms with Crippen molar-refractivity contribution in [3.05, 3.63) is 22.4 Å². The molecule has 0 bridgehead atoms. The number of carbonyl (C=O) groups is 2. The van der Waals surface area contributed by atoms with Gasteiger partial charge in [0.2, 0.25) is 0 Å². The number of carbonyl (C=O) groups excluding carboxylic acids is 2. The Hall–Kier alpha value is -2.09. The standard InChI is InChI=1S/C17H27N5O2S/c1-5-17(3)14(23)22(16(24)21-17)10-7-9-19-15(18-4)20-12(2)13-8-6-11-25-13/h6,8,11-12H,5,7,9-10H2,1-4H3,(H,21,24)(H2,18,19,20). The van der Waals surface area contributed by atoms with Crippen LogP contribution in [-0.4, -0.2) is 48.5 Å². The van der Waals surface area contributed by atoms with Crippen LogP contribution in [-0.2, 0) is 4.79 Å². The third kappa shape index (κ3) is 4.50. The van der Waals surface area contributed by atoms with Gasteiger partial charge in [-0.25, -0.2) is 4.79 Å². The minimum absolute atomic E-state index is 0.145. The number of nitrogens with zero attached hydrogens (tertiary/aromatic N) is 2. The largest absolute Gasteiger partial charge is 0.356 e. The number of nitrogens with one attached hydrogen (secondary N) is 3. The van der Waals surface area contributed by atoms with Gasteiger partial charge in [0, 0.05) is 25.0 Å². The molecule has 1 saturated heterocycles. The number of hydrogen-bond acceptors (Lipinski definition) is 4. The van der Waals surface area contributed by atoms with E-state index in [1.807, 2.05) is 18.4 Å². The average molecular weight is 366 g/mol.